The van der Waals surface area contributed by atoms with E-state index in [1.165, 1.54) is 6.07 Å². The largest absolute Gasteiger partial charge is 0.393 e. The predicted molar refractivity (Wildman–Crippen MR) is 69.0 cm³/mol. The molecule has 1 heterocycles. The number of nitrogens with zero attached hydrogens (tertiary/aromatic N) is 2. The van der Waals surface area contributed by atoms with E-state index in [4.69, 9.17) is 0 Å². The monoisotopic (exact) mass is 264 g/mol. The van der Waals surface area contributed by atoms with E-state index in [0.717, 1.165) is 5.56 Å². The first kappa shape index (κ1) is 13.5. The van der Waals surface area contributed by atoms with Crippen LogP contribution in [0.2, 0.25) is 0 Å². The number of amides is 1. The Labute approximate surface area is 110 Å². The van der Waals surface area contributed by atoms with Crippen LogP contribution in [-0.4, -0.2) is 40.0 Å². The molecule has 0 spiro atoms. The molecule has 0 aliphatic carbocycles. The number of aryl methyl sites for hydroxylation is 1. The lowest BCUT2D eigenvalue weighted by molar-refractivity contribution is -0.385. The number of likely N-dealkylation sites (tertiary alicyclic amines) is 1. The van der Waals surface area contributed by atoms with Crippen LogP contribution >= 0.6 is 0 Å². The highest BCUT2D eigenvalue weighted by atomic mass is 16.6. The number of hydrogen-bond acceptors (Lipinski definition) is 4. The third-order valence-electron chi connectivity index (χ3n) is 3.33. The smallest absolute Gasteiger partial charge is 0.282 e. The molecule has 1 amide bonds. The number of nitro benzene ring substituents is 1. The maximum Gasteiger partial charge on any atom is 0.282 e. The highest BCUT2D eigenvalue weighted by molar-refractivity contribution is 5.98. The minimum Gasteiger partial charge on any atom is -0.393 e. The lowest BCUT2D eigenvalue weighted by atomic mass is 10.0. The van der Waals surface area contributed by atoms with Gasteiger partial charge >= 0.3 is 0 Å². The lowest BCUT2D eigenvalue weighted by Gasteiger charge is -2.29. The molecule has 0 atom stereocenters. The van der Waals surface area contributed by atoms with Gasteiger partial charge in [-0.15, -0.1) is 0 Å². The number of carbonyl (C=O) groups is 1. The summed E-state index contributed by atoms with van der Waals surface area (Å²) in [4.78, 5) is 24.3. The van der Waals surface area contributed by atoms with Gasteiger partial charge in [0.1, 0.15) is 5.56 Å². The van der Waals surface area contributed by atoms with E-state index in [1.54, 1.807) is 24.0 Å². The highest BCUT2D eigenvalue weighted by Crippen LogP contribution is 2.23. The van der Waals surface area contributed by atoms with E-state index in [2.05, 4.69) is 0 Å². The summed E-state index contributed by atoms with van der Waals surface area (Å²) in [5.41, 5.74) is 0.772. The molecule has 6 nitrogen and oxygen atoms in total. The first-order valence-corrected chi connectivity index (χ1v) is 6.21. The van der Waals surface area contributed by atoms with E-state index < -0.39 is 4.92 Å². The Bertz CT molecular complexity index is 507. The molecular weight excluding hydrogens is 248 g/mol. The second-order valence-electron chi connectivity index (χ2n) is 4.80. The molecule has 6 heteroatoms. The van der Waals surface area contributed by atoms with Crippen molar-refractivity contribution in [1.29, 1.82) is 0 Å². The molecule has 102 valence electrons. The standard InChI is InChI=1S/C13H16N2O4/c1-9-2-3-12(15(18)19)11(8-9)13(17)14-6-4-10(16)5-7-14/h2-3,8,10,16H,4-7H2,1H3. The van der Waals surface area contributed by atoms with Crippen molar-refractivity contribution in [3.8, 4) is 0 Å². The van der Waals surface area contributed by atoms with Crippen LogP contribution in [0.5, 0.6) is 0 Å². The Balaban J connectivity index is 2.27. The minimum absolute atomic E-state index is 0.126. The summed E-state index contributed by atoms with van der Waals surface area (Å²) in [6.07, 6.45) is 0.660. The van der Waals surface area contributed by atoms with Gasteiger partial charge in [-0.25, -0.2) is 0 Å². The number of rotatable bonds is 2. The van der Waals surface area contributed by atoms with Gasteiger partial charge in [0.05, 0.1) is 11.0 Å². The maximum atomic E-state index is 12.3. The van der Waals surface area contributed by atoms with Gasteiger partial charge in [-0.1, -0.05) is 6.07 Å². The van der Waals surface area contributed by atoms with Gasteiger partial charge in [0.15, 0.2) is 0 Å². The number of aliphatic hydroxyl groups excluding tert-OH is 1. The summed E-state index contributed by atoms with van der Waals surface area (Å²) in [6.45, 7) is 2.66. The third kappa shape index (κ3) is 2.90. The Morgan fingerprint density at radius 3 is 2.63 bits per heavy atom. The molecule has 1 aromatic carbocycles. The Kier molecular flexibility index (Phi) is 3.80. The Hall–Kier alpha value is -1.95. The number of hydrogen-bond donors (Lipinski definition) is 1. The summed E-state index contributed by atoms with van der Waals surface area (Å²) in [5.74, 6) is -0.331. The molecule has 1 fully saturated rings. The Morgan fingerprint density at radius 1 is 1.42 bits per heavy atom. The zero-order chi connectivity index (χ0) is 14.0. The first-order valence-electron chi connectivity index (χ1n) is 6.21. The summed E-state index contributed by atoms with van der Waals surface area (Å²) in [5, 5.41) is 20.4. The molecule has 19 heavy (non-hydrogen) atoms. The van der Waals surface area contributed by atoms with Crippen LogP contribution in [-0.2, 0) is 0 Å². The van der Waals surface area contributed by atoms with Gasteiger partial charge in [0, 0.05) is 19.2 Å². The average molecular weight is 264 g/mol. The van der Waals surface area contributed by atoms with Crippen molar-refractivity contribution in [2.24, 2.45) is 0 Å². The van der Waals surface area contributed by atoms with Crippen molar-refractivity contribution in [2.75, 3.05) is 13.1 Å². The number of carbonyl (C=O) groups excluding carboxylic acids is 1. The number of aliphatic hydroxyl groups is 1. The van der Waals surface area contributed by atoms with Crippen molar-refractivity contribution in [3.05, 3.63) is 39.4 Å². The minimum atomic E-state index is -0.536. The topological polar surface area (TPSA) is 83.7 Å². The van der Waals surface area contributed by atoms with E-state index in [1.807, 2.05) is 0 Å². The molecule has 0 saturated carbocycles. The summed E-state index contributed by atoms with van der Waals surface area (Å²) in [7, 11) is 0. The fourth-order valence-electron chi connectivity index (χ4n) is 2.22. The molecular formula is C13H16N2O4. The number of piperidine rings is 1. The second kappa shape index (κ2) is 5.36. The molecule has 0 radical (unpaired) electrons. The molecule has 1 aliphatic heterocycles. The van der Waals surface area contributed by atoms with Crippen LogP contribution in [0.15, 0.2) is 18.2 Å². The molecule has 1 N–H and O–H groups in total. The molecule has 1 aromatic rings. The van der Waals surface area contributed by atoms with Crippen LogP contribution in [0, 0.1) is 17.0 Å². The quantitative estimate of drug-likeness (QED) is 0.648. The van der Waals surface area contributed by atoms with Gasteiger partial charge in [-0.3, -0.25) is 14.9 Å². The summed E-state index contributed by atoms with van der Waals surface area (Å²) >= 11 is 0. The van der Waals surface area contributed by atoms with Crippen molar-refractivity contribution < 1.29 is 14.8 Å². The Morgan fingerprint density at radius 2 is 2.05 bits per heavy atom. The van der Waals surface area contributed by atoms with Crippen LogP contribution in [0.4, 0.5) is 5.69 Å². The zero-order valence-corrected chi connectivity index (χ0v) is 10.7. The van der Waals surface area contributed by atoms with Crippen molar-refractivity contribution in [2.45, 2.75) is 25.9 Å². The summed E-state index contributed by atoms with van der Waals surface area (Å²) < 4.78 is 0. The lowest BCUT2D eigenvalue weighted by Crippen LogP contribution is -2.40. The zero-order valence-electron chi connectivity index (χ0n) is 10.7. The van der Waals surface area contributed by atoms with Gasteiger partial charge < -0.3 is 10.0 Å². The van der Waals surface area contributed by atoms with Crippen LogP contribution in [0.3, 0.4) is 0 Å². The summed E-state index contributed by atoms with van der Waals surface area (Å²) in [6, 6.07) is 4.53. The molecule has 0 aromatic heterocycles. The SMILES string of the molecule is Cc1ccc([N+](=O)[O-])c(C(=O)N2CCC(O)CC2)c1. The fraction of sp³-hybridized carbons (Fsp3) is 0.462. The van der Waals surface area contributed by atoms with Crippen LogP contribution in [0.1, 0.15) is 28.8 Å². The van der Waals surface area contributed by atoms with Crippen molar-refractivity contribution in [3.63, 3.8) is 0 Å². The van der Waals surface area contributed by atoms with Gasteiger partial charge in [-0.05, 0) is 31.4 Å². The van der Waals surface area contributed by atoms with E-state index in [0.29, 0.717) is 25.9 Å². The normalized spacial score (nSPS) is 16.4. The third-order valence-corrected chi connectivity index (χ3v) is 3.33. The van der Waals surface area contributed by atoms with E-state index in [-0.39, 0.29) is 23.3 Å². The molecule has 1 aliphatic rings. The molecule has 0 unspecified atom stereocenters. The average Bonchev–Trinajstić information content (AvgIpc) is 2.38. The van der Waals surface area contributed by atoms with Gasteiger partial charge in [0.25, 0.3) is 11.6 Å². The maximum absolute atomic E-state index is 12.3. The number of nitro groups is 1. The van der Waals surface area contributed by atoms with E-state index >= 15 is 0 Å². The van der Waals surface area contributed by atoms with Crippen molar-refractivity contribution >= 4 is 11.6 Å². The van der Waals surface area contributed by atoms with Crippen LogP contribution < -0.4 is 0 Å². The van der Waals surface area contributed by atoms with Crippen molar-refractivity contribution in [1.82, 2.24) is 4.90 Å². The second-order valence-corrected chi connectivity index (χ2v) is 4.80. The van der Waals surface area contributed by atoms with Gasteiger partial charge in [0.2, 0.25) is 0 Å². The van der Waals surface area contributed by atoms with E-state index in [9.17, 15) is 20.0 Å². The highest BCUT2D eigenvalue weighted by Gasteiger charge is 2.27. The predicted octanol–water partition coefficient (Wildman–Crippen LogP) is 1.50. The molecule has 2 rings (SSSR count). The van der Waals surface area contributed by atoms with Crippen LogP contribution in [0.25, 0.3) is 0 Å². The fourth-order valence-corrected chi connectivity index (χ4v) is 2.22. The molecule has 1 saturated heterocycles. The molecule has 0 bridgehead atoms. The van der Waals surface area contributed by atoms with Gasteiger partial charge in [-0.2, -0.15) is 0 Å². The number of benzene rings is 1. The first-order chi connectivity index (χ1) is 8.99.